The molecule has 0 atom stereocenters. The third-order valence-electron chi connectivity index (χ3n) is 3.68. The second kappa shape index (κ2) is 9.98. The van der Waals surface area contributed by atoms with Crippen molar-refractivity contribution in [1.29, 1.82) is 0 Å². The Labute approximate surface area is 159 Å². The molecular formula is C18H20FNO6S. The van der Waals surface area contributed by atoms with E-state index < -0.39 is 24.3 Å². The summed E-state index contributed by atoms with van der Waals surface area (Å²) in [5, 5.41) is 2.86. The Morgan fingerprint density at radius 2 is 2.00 bits per heavy atom. The highest BCUT2D eigenvalue weighted by Crippen LogP contribution is 2.34. The second-order valence-electron chi connectivity index (χ2n) is 5.56. The molecule has 2 rings (SSSR count). The fourth-order valence-electron chi connectivity index (χ4n) is 2.42. The molecule has 0 saturated carbocycles. The molecule has 1 aromatic carbocycles. The smallest absolute Gasteiger partial charge is 0.349 e. The number of fused-ring (bicyclic) bond motifs is 1. The van der Waals surface area contributed by atoms with Gasteiger partial charge in [-0.15, -0.1) is 11.3 Å². The molecule has 0 aliphatic carbocycles. The average Bonchev–Trinajstić information content (AvgIpc) is 3.03. The van der Waals surface area contributed by atoms with Crippen LogP contribution in [0.2, 0.25) is 0 Å². The van der Waals surface area contributed by atoms with Crippen LogP contribution in [0, 0.1) is 5.82 Å². The van der Waals surface area contributed by atoms with Crippen LogP contribution in [0.3, 0.4) is 0 Å². The number of carbonyl (C=O) groups excluding carboxylic acids is 3. The molecule has 146 valence electrons. The number of esters is 2. The first-order chi connectivity index (χ1) is 13.0. The number of rotatable bonds is 9. The number of thiophene rings is 1. The number of nitrogens with one attached hydrogen (secondary N) is 1. The Bertz CT molecular complexity index is 835. The Kier molecular flexibility index (Phi) is 7.68. The van der Waals surface area contributed by atoms with E-state index in [0.717, 1.165) is 11.3 Å². The lowest BCUT2D eigenvalue weighted by atomic mass is 10.1. The Hall–Kier alpha value is -2.52. The van der Waals surface area contributed by atoms with Crippen LogP contribution < -0.4 is 5.32 Å². The van der Waals surface area contributed by atoms with E-state index in [2.05, 4.69) is 10.1 Å². The number of benzene rings is 1. The highest BCUT2D eigenvalue weighted by molar-refractivity contribution is 7.21. The Morgan fingerprint density at radius 1 is 1.22 bits per heavy atom. The zero-order valence-corrected chi connectivity index (χ0v) is 15.8. The molecule has 9 heteroatoms. The summed E-state index contributed by atoms with van der Waals surface area (Å²) in [6.07, 6.45) is 0.601. The topological polar surface area (TPSA) is 90.9 Å². The molecule has 0 bridgehead atoms. The summed E-state index contributed by atoms with van der Waals surface area (Å²) in [6, 6.07) is 4.57. The number of hydrogen-bond donors (Lipinski definition) is 1. The van der Waals surface area contributed by atoms with Gasteiger partial charge >= 0.3 is 11.9 Å². The minimum atomic E-state index is -0.715. The number of carbonyl (C=O) groups is 3. The van der Waals surface area contributed by atoms with E-state index in [1.54, 1.807) is 12.1 Å². The number of ether oxygens (including phenoxy) is 3. The normalized spacial score (nSPS) is 10.6. The SMILES string of the molecule is COCc1c(C(=O)OCC(=O)NCCCC(=O)OC)sc2cccc(F)c12. The van der Waals surface area contributed by atoms with Gasteiger partial charge in [-0.3, -0.25) is 9.59 Å². The molecule has 1 heterocycles. The monoisotopic (exact) mass is 397 g/mol. The molecule has 7 nitrogen and oxygen atoms in total. The summed E-state index contributed by atoms with van der Waals surface area (Å²) in [4.78, 5) is 35.3. The molecule has 0 spiro atoms. The molecular weight excluding hydrogens is 377 g/mol. The summed E-state index contributed by atoms with van der Waals surface area (Å²) in [5.41, 5.74) is 0.402. The molecule has 1 amide bonds. The van der Waals surface area contributed by atoms with Crippen LogP contribution in [0.15, 0.2) is 18.2 Å². The summed E-state index contributed by atoms with van der Waals surface area (Å²) in [6.45, 7) is -0.167. The largest absolute Gasteiger partial charge is 0.469 e. The van der Waals surface area contributed by atoms with Crippen LogP contribution in [0.25, 0.3) is 10.1 Å². The molecule has 0 radical (unpaired) electrons. The van der Waals surface area contributed by atoms with Gasteiger partial charge in [0.05, 0.1) is 13.7 Å². The van der Waals surface area contributed by atoms with Crippen molar-refractivity contribution in [2.45, 2.75) is 19.4 Å². The molecule has 27 heavy (non-hydrogen) atoms. The first-order valence-electron chi connectivity index (χ1n) is 8.17. The van der Waals surface area contributed by atoms with Gasteiger partial charge in [0.2, 0.25) is 0 Å². The molecule has 2 aromatic rings. The summed E-state index contributed by atoms with van der Waals surface area (Å²) in [5.74, 6) is -2.02. The van der Waals surface area contributed by atoms with Gasteiger partial charge in [0.1, 0.15) is 10.7 Å². The maximum atomic E-state index is 14.1. The first-order valence-corrected chi connectivity index (χ1v) is 8.99. The third kappa shape index (κ3) is 5.48. The maximum Gasteiger partial charge on any atom is 0.349 e. The van der Waals surface area contributed by atoms with Crippen LogP contribution in [-0.2, 0) is 30.4 Å². The molecule has 0 aliphatic rings. The van der Waals surface area contributed by atoms with E-state index in [-0.39, 0.29) is 30.4 Å². The molecule has 1 N–H and O–H groups in total. The first kappa shape index (κ1) is 20.8. The van der Waals surface area contributed by atoms with Crippen molar-refractivity contribution in [3.8, 4) is 0 Å². The molecule has 1 aromatic heterocycles. The maximum absolute atomic E-state index is 14.1. The Morgan fingerprint density at radius 3 is 2.70 bits per heavy atom. The third-order valence-corrected chi connectivity index (χ3v) is 4.86. The van der Waals surface area contributed by atoms with Crippen molar-refractivity contribution in [2.24, 2.45) is 0 Å². The average molecular weight is 397 g/mol. The predicted octanol–water partition coefficient (Wildman–Crippen LogP) is 2.41. The van der Waals surface area contributed by atoms with Crippen molar-refractivity contribution in [2.75, 3.05) is 27.4 Å². The minimum absolute atomic E-state index is 0.0467. The lowest BCUT2D eigenvalue weighted by molar-refractivity contribution is -0.140. The minimum Gasteiger partial charge on any atom is -0.469 e. The molecule has 0 aliphatic heterocycles. The van der Waals surface area contributed by atoms with Gasteiger partial charge in [-0.05, 0) is 18.6 Å². The van der Waals surface area contributed by atoms with Gasteiger partial charge in [-0.2, -0.15) is 0 Å². The number of halogens is 1. The highest BCUT2D eigenvalue weighted by atomic mass is 32.1. The van der Waals surface area contributed by atoms with Crippen LogP contribution in [0.5, 0.6) is 0 Å². The second-order valence-corrected chi connectivity index (χ2v) is 6.61. The fourth-order valence-corrected chi connectivity index (χ4v) is 3.54. The van der Waals surface area contributed by atoms with Crippen LogP contribution >= 0.6 is 11.3 Å². The highest BCUT2D eigenvalue weighted by Gasteiger charge is 2.22. The molecule has 0 saturated heterocycles. The van der Waals surface area contributed by atoms with Crippen LogP contribution in [0.4, 0.5) is 4.39 Å². The lowest BCUT2D eigenvalue weighted by Crippen LogP contribution is -2.30. The van der Waals surface area contributed by atoms with E-state index >= 15 is 0 Å². The molecule has 0 fully saturated rings. The van der Waals surface area contributed by atoms with E-state index in [1.165, 1.54) is 20.3 Å². The van der Waals surface area contributed by atoms with Gasteiger partial charge in [-0.1, -0.05) is 6.07 Å². The number of hydrogen-bond acceptors (Lipinski definition) is 7. The number of methoxy groups -OCH3 is 2. The van der Waals surface area contributed by atoms with Crippen molar-refractivity contribution < 1.29 is 33.0 Å². The summed E-state index contributed by atoms with van der Waals surface area (Å²) in [7, 11) is 2.74. The van der Waals surface area contributed by atoms with Gasteiger partial charge in [-0.25, -0.2) is 9.18 Å². The van der Waals surface area contributed by atoms with Crippen molar-refractivity contribution >= 4 is 39.3 Å². The summed E-state index contributed by atoms with van der Waals surface area (Å²) >= 11 is 1.09. The number of amides is 1. The Balaban J connectivity index is 1.96. The van der Waals surface area contributed by atoms with Crippen LogP contribution in [0.1, 0.15) is 28.1 Å². The molecule has 0 unspecified atom stereocenters. The lowest BCUT2D eigenvalue weighted by Gasteiger charge is -2.07. The zero-order valence-electron chi connectivity index (χ0n) is 15.0. The zero-order chi connectivity index (χ0) is 19.8. The van der Waals surface area contributed by atoms with Crippen molar-refractivity contribution in [1.82, 2.24) is 5.32 Å². The van der Waals surface area contributed by atoms with E-state index in [1.807, 2.05) is 0 Å². The standard InChI is InChI=1S/C18H20FNO6S/c1-24-9-11-16-12(19)5-3-6-13(16)27-17(11)18(23)26-10-14(21)20-8-4-7-15(22)25-2/h3,5-6H,4,7-10H2,1-2H3,(H,20,21). The van der Waals surface area contributed by atoms with Crippen molar-refractivity contribution in [3.63, 3.8) is 0 Å². The predicted molar refractivity (Wildman–Crippen MR) is 97.0 cm³/mol. The van der Waals surface area contributed by atoms with Gasteiger partial charge in [0.25, 0.3) is 5.91 Å². The van der Waals surface area contributed by atoms with Crippen molar-refractivity contribution in [3.05, 3.63) is 34.5 Å². The quantitative estimate of drug-likeness (QED) is 0.516. The summed E-state index contributed by atoms with van der Waals surface area (Å²) < 4.78 is 29.3. The fraction of sp³-hybridized carbons (Fsp3) is 0.389. The van der Waals surface area contributed by atoms with E-state index in [0.29, 0.717) is 22.1 Å². The van der Waals surface area contributed by atoms with Gasteiger partial charge < -0.3 is 19.5 Å². The van der Waals surface area contributed by atoms with E-state index in [9.17, 15) is 18.8 Å². The van der Waals surface area contributed by atoms with Gasteiger partial charge in [0, 0.05) is 35.7 Å². The van der Waals surface area contributed by atoms with Gasteiger partial charge in [0.15, 0.2) is 6.61 Å². The van der Waals surface area contributed by atoms with Crippen LogP contribution in [-0.4, -0.2) is 45.2 Å². The van der Waals surface area contributed by atoms with E-state index in [4.69, 9.17) is 9.47 Å².